The molecule has 0 unspecified atom stereocenters. The third-order valence-electron chi connectivity index (χ3n) is 3.49. The molecule has 0 radical (unpaired) electrons. The molecule has 0 aliphatic heterocycles. The number of carbonyl (C=O) groups is 2. The molecular weight excluding hydrogens is 360 g/mol. The van der Waals surface area contributed by atoms with Crippen molar-refractivity contribution in [1.29, 1.82) is 0 Å². The van der Waals surface area contributed by atoms with E-state index in [1.165, 1.54) is 24.3 Å². The Kier molecular flexibility index (Phi) is 5.97. The highest BCUT2D eigenvalue weighted by atomic mass is 32.1. The first-order chi connectivity index (χ1) is 12.3. The summed E-state index contributed by atoms with van der Waals surface area (Å²) in [7, 11) is 0. The summed E-state index contributed by atoms with van der Waals surface area (Å²) in [4.78, 5) is 22.0. The average molecular weight is 376 g/mol. The molecule has 26 heavy (non-hydrogen) atoms. The molecular formula is C17H16N2O6S. The number of phenols is 2. The molecule has 0 spiro atoms. The van der Waals surface area contributed by atoms with Crippen LogP contribution in [-0.2, 0) is 13.1 Å². The number of hydrogen-bond donors (Lipinski definition) is 6. The molecule has 0 aliphatic rings. The Morgan fingerprint density at radius 3 is 1.54 bits per heavy atom. The SMILES string of the molecule is O=C(O)c1cc(CNC(=S)NCc2ccc(O)c(C(=O)O)c2)ccc1O. The van der Waals surface area contributed by atoms with Crippen LogP contribution in [0.15, 0.2) is 36.4 Å². The minimum atomic E-state index is -1.23. The third-order valence-corrected chi connectivity index (χ3v) is 3.78. The molecule has 0 saturated heterocycles. The third kappa shape index (κ3) is 4.84. The van der Waals surface area contributed by atoms with E-state index in [4.69, 9.17) is 22.4 Å². The average Bonchev–Trinajstić information content (AvgIpc) is 2.59. The van der Waals surface area contributed by atoms with Crippen molar-refractivity contribution in [3.05, 3.63) is 58.7 Å². The highest BCUT2D eigenvalue weighted by Crippen LogP contribution is 2.19. The molecule has 0 amide bonds. The van der Waals surface area contributed by atoms with Gasteiger partial charge in [-0.25, -0.2) is 9.59 Å². The van der Waals surface area contributed by atoms with Gasteiger partial charge in [-0.3, -0.25) is 0 Å². The van der Waals surface area contributed by atoms with E-state index in [1.807, 2.05) is 0 Å². The molecule has 0 aliphatic carbocycles. The Bertz CT molecular complexity index is 799. The predicted octanol–water partition coefficient (Wildman–Crippen LogP) is 1.66. The Morgan fingerprint density at radius 2 is 1.19 bits per heavy atom. The van der Waals surface area contributed by atoms with Gasteiger partial charge in [0, 0.05) is 13.1 Å². The van der Waals surface area contributed by atoms with Crippen LogP contribution in [0.1, 0.15) is 31.8 Å². The molecule has 0 aromatic heterocycles. The van der Waals surface area contributed by atoms with E-state index in [-0.39, 0.29) is 40.8 Å². The van der Waals surface area contributed by atoms with Crippen molar-refractivity contribution in [3.8, 4) is 11.5 Å². The highest BCUT2D eigenvalue weighted by Gasteiger charge is 2.11. The lowest BCUT2D eigenvalue weighted by molar-refractivity contribution is 0.0682. The van der Waals surface area contributed by atoms with Crippen LogP contribution in [0.2, 0.25) is 0 Å². The van der Waals surface area contributed by atoms with Crippen LogP contribution in [0.3, 0.4) is 0 Å². The van der Waals surface area contributed by atoms with Crippen molar-refractivity contribution in [2.24, 2.45) is 0 Å². The number of carboxylic acids is 2. The summed E-state index contributed by atoms with van der Waals surface area (Å²) >= 11 is 5.12. The van der Waals surface area contributed by atoms with Gasteiger partial charge < -0.3 is 31.1 Å². The number of aromatic hydroxyl groups is 2. The van der Waals surface area contributed by atoms with Gasteiger partial charge in [-0.2, -0.15) is 0 Å². The first kappa shape index (κ1) is 19.0. The predicted molar refractivity (Wildman–Crippen MR) is 96.4 cm³/mol. The molecule has 0 bridgehead atoms. The number of thiocarbonyl (C=S) groups is 1. The zero-order valence-electron chi connectivity index (χ0n) is 13.4. The lowest BCUT2D eigenvalue weighted by Crippen LogP contribution is -2.34. The van der Waals surface area contributed by atoms with Crippen molar-refractivity contribution in [1.82, 2.24) is 10.6 Å². The number of benzene rings is 2. The fourth-order valence-electron chi connectivity index (χ4n) is 2.16. The van der Waals surface area contributed by atoms with Gasteiger partial charge in [0.15, 0.2) is 5.11 Å². The maximum Gasteiger partial charge on any atom is 0.339 e. The van der Waals surface area contributed by atoms with Crippen molar-refractivity contribution in [2.75, 3.05) is 0 Å². The van der Waals surface area contributed by atoms with Crippen LogP contribution >= 0.6 is 12.2 Å². The van der Waals surface area contributed by atoms with Crippen LogP contribution in [0, 0.1) is 0 Å². The van der Waals surface area contributed by atoms with Gasteiger partial charge in [0.05, 0.1) is 0 Å². The van der Waals surface area contributed by atoms with Crippen LogP contribution in [0.25, 0.3) is 0 Å². The lowest BCUT2D eigenvalue weighted by Gasteiger charge is -2.12. The van der Waals surface area contributed by atoms with E-state index < -0.39 is 11.9 Å². The summed E-state index contributed by atoms with van der Waals surface area (Å²) in [6.07, 6.45) is 0. The number of aromatic carboxylic acids is 2. The molecule has 0 fully saturated rings. The van der Waals surface area contributed by atoms with E-state index in [9.17, 15) is 19.8 Å². The quantitative estimate of drug-likeness (QED) is 0.415. The van der Waals surface area contributed by atoms with Crippen LogP contribution in [0.5, 0.6) is 11.5 Å². The molecule has 2 aromatic carbocycles. The summed E-state index contributed by atoms with van der Waals surface area (Å²) in [5.74, 6) is -3.09. The van der Waals surface area contributed by atoms with E-state index in [1.54, 1.807) is 12.1 Å². The monoisotopic (exact) mass is 376 g/mol. The molecule has 2 aromatic rings. The van der Waals surface area contributed by atoms with E-state index in [0.29, 0.717) is 11.1 Å². The van der Waals surface area contributed by atoms with Gasteiger partial charge in [0.2, 0.25) is 0 Å². The molecule has 2 rings (SSSR count). The van der Waals surface area contributed by atoms with Crippen LogP contribution in [0.4, 0.5) is 0 Å². The second-order valence-corrected chi connectivity index (χ2v) is 5.76. The van der Waals surface area contributed by atoms with Crippen molar-refractivity contribution >= 4 is 29.3 Å². The Balaban J connectivity index is 1.92. The fourth-order valence-corrected chi connectivity index (χ4v) is 2.30. The zero-order valence-corrected chi connectivity index (χ0v) is 14.2. The number of hydrogen-bond acceptors (Lipinski definition) is 5. The van der Waals surface area contributed by atoms with Crippen molar-refractivity contribution < 1.29 is 30.0 Å². The maximum atomic E-state index is 11.0. The molecule has 8 nitrogen and oxygen atoms in total. The van der Waals surface area contributed by atoms with Gasteiger partial charge in [-0.1, -0.05) is 12.1 Å². The molecule has 0 heterocycles. The largest absolute Gasteiger partial charge is 0.507 e. The molecule has 6 N–H and O–H groups in total. The number of nitrogens with one attached hydrogen (secondary N) is 2. The van der Waals surface area contributed by atoms with Gasteiger partial charge in [0.25, 0.3) is 0 Å². The number of carboxylic acid groups (broad SMARTS) is 2. The lowest BCUT2D eigenvalue weighted by atomic mass is 10.1. The van der Waals surface area contributed by atoms with Crippen molar-refractivity contribution in [3.63, 3.8) is 0 Å². The van der Waals surface area contributed by atoms with Crippen LogP contribution < -0.4 is 10.6 Å². The molecule has 136 valence electrons. The van der Waals surface area contributed by atoms with Gasteiger partial charge in [-0.15, -0.1) is 0 Å². The zero-order chi connectivity index (χ0) is 19.3. The minimum Gasteiger partial charge on any atom is -0.507 e. The van der Waals surface area contributed by atoms with Gasteiger partial charge in [-0.05, 0) is 47.6 Å². The second kappa shape index (κ2) is 8.17. The summed E-state index contributed by atoms with van der Waals surface area (Å²) in [6, 6.07) is 8.40. The van der Waals surface area contributed by atoms with E-state index in [0.717, 1.165) is 0 Å². The Morgan fingerprint density at radius 1 is 0.808 bits per heavy atom. The molecule has 0 saturated carbocycles. The summed E-state index contributed by atoms with van der Waals surface area (Å²) < 4.78 is 0. The molecule has 0 atom stereocenters. The van der Waals surface area contributed by atoms with E-state index in [2.05, 4.69) is 10.6 Å². The summed E-state index contributed by atoms with van der Waals surface area (Å²) in [5, 5.41) is 43.0. The van der Waals surface area contributed by atoms with Gasteiger partial charge >= 0.3 is 11.9 Å². The number of rotatable bonds is 6. The standard InChI is InChI=1S/C17H16N2O6S/c20-13-3-1-9(5-11(13)15(22)23)7-18-17(26)19-8-10-2-4-14(21)12(6-10)16(24)25/h1-6,20-21H,7-8H2,(H,22,23)(H,24,25)(H2,18,19,26). The first-order valence-corrected chi connectivity index (χ1v) is 7.81. The maximum absolute atomic E-state index is 11.0. The topological polar surface area (TPSA) is 139 Å². The first-order valence-electron chi connectivity index (χ1n) is 7.40. The normalized spacial score (nSPS) is 10.2. The minimum absolute atomic E-state index is 0.200. The van der Waals surface area contributed by atoms with Gasteiger partial charge in [0.1, 0.15) is 22.6 Å². The summed E-state index contributed by atoms with van der Waals surface area (Å²) in [6.45, 7) is 0.477. The smallest absolute Gasteiger partial charge is 0.339 e. The second-order valence-electron chi connectivity index (χ2n) is 5.35. The highest BCUT2D eigenvalue weighted by molar-refractivity contribution is 7.80. The van der Waals surface area contributed by atoms with Crippen LogP contribution in [-0.4, -0.2) is 37.5 Å². The van der Waals surface area contributed by atoms with E-state index >= 15 is 0 Å². The fraction of sp³-hybridized carbons (Fsp3) is 0.118. The Labute approximate surface area is 153 Å². The van der Waals surface area contributed by atoms with Crippen molar-refractivity contribution in [2.45, 2.75) is 13.1 Å². The molecule has 9 heteroatoms. The Hall–Kier alpha value is -3.33. The summed E-state index contributed by atoms with van der Waals surface area (Å²) in [5.41, 5.74) is 0.825.